The molecule has 0 N–H and O–H groups in total. The van der Waals surface area contributed by atoms with E-state index in [1.165, 1.54) is 0 Å². The van der Waals surface area contributed by atoms with E-state index in [1.807, 2.05) is 20.8 Å². The van der Waals surface area contributed by atoms with Crippen molar-refractivity contribution in [2.45, 2.75) is 41.0 Å². The van der Waals surface area contributed by atoms with Crippen LogP contribution in [0.3, 0.4) is 0 Å². The van der Waals surface area contributed by atoms with Gasteiger partial charge in [-0.25, -0.2) is 4.98 Å². The molecule has 1 aliphatic heterocycles. The molecule has 0 amide bonds. The van der Waals surface area contributed by atoms with Gasteiger partial charge in [0.15, 0.2) is 0 Å². The highest BCUT2D eigenvalue weighted by Crippen LogP contribution is 2.41. The number of ether oxygens (including phenoxy) is 2. The van der Waals surface area contributed by atoms with Crippen LogP contribution < -0.4 is 9.64 Å². The van der Waals surface area contributed by atoms with Crippen LogP contribution in [0.5, 0.6) is 5.88 Å². The molecule has 1 aromatic rings. The number of hydrogen-bond acceptors (Lipinski definition) is 6. The molecular weight excluding hydrogens is 294 g/mol. The van der Waals surface area contributed by atoms with Gasteiger partial charge in [-0.15, -0.1) is 0 Å². The summed E-state index contributed by atoms with van der Waals surface area (Å²) >= 11 is 0. The molecule has 6 heteroatoms. The molecule has 0 aliphatic carbocycles. The second kappa shape index (κ2) is 6.72. The summed E-state index contributed by atoms with van der Waals surface area (Å²) in [5, 5.41) is 0. The highest BCUT2D eigenvalue weighted by molar-refractivity contribution is 5.79. The molecule has 1 atom stereocenters. The summed E-state index contributed by atoms with van der Waals surface area (Å²) in [6.07, 6.45) is 0.772. The van der Waals surface area contributed by atoms with E-state index >= 15 is 0 Å². The summed E-state index contributed by atoms with van der Waals surface area (Å²) in [6.45, 7) is 11.6. The molecule has 1 fully saturated rings. The van der Waals surface area contributed by atoms with E-state index in [0.717, 1.165) is 24.3 Å². The fourth-order valence-corrected chi connectivity index (χ4v) is 3.26. The van der Waals surface area contributed by atoms with Gasteiger partial charge in [-0.1, -0.05) is 13.8 Å². The van der Waals surface area contributed by atoms with E-state index in [0.29, 0.717) is 24.9 Å². The number of methoxy groups -OCH3 is 1. The lowest BCUT2D eigenvalue weighted by atomic mass is 9.76. The number of carbonyl (C=O) groups is 1. The van der Waals surface area contributed by atoms with E-state index in [-0.39, 0.29) is 11.9 Å². The lowest BCUT2D eigenvalue weighted by molar-refractivity contribution is -0.156. The van der Waals surface area contributed by atoms with Crippen molar-refractivity contribution in [2.75, 3.05) is 31.7 Å². The number of aromatic nitrogens is 2. The van der Waals surface area contributed by atoms with Crippen LogP contribution in [0.15, 0.2) is 0 Å². The Bertz CT molecular complexity index is 589. The first-order valence-electron chi connectivity index (χ1n) is 8.17. The third-order valence-corrected chi connectivity index (χ3v) is 4.77. The summed E-state index contributed by atoms with van der Waals surface area (Å²) in [4.78, 5) is 23.6. The Kier molecular flexibility index (Phi) is 5.12. The zero-order chi connectivity index (χ0) is 17.2. The second-order valence-electron chi connectivity index (χ2n) is 6.43. The van der Waals surface area contributed by atoms with Crippen molar-refractivity contribution in [3.05, 3.63) is 11.4 Å². The zero-order valence-corrected chi connectivity index (χ0v) is 15.0. The molecule has 23 heavy (non-hydrogen) atoms. The largest absolute Gasteiger partial charge is 0.481 e. The fourth-order valence-electron chi connectivity index (χ4n) is 3.26. The Balaban J connectivity index is 2.35. The number of aryl methyl sites for hydroxylation is 1. The van der Waals surface area contributed by atoms with E-state index in [4.69, 9.17) is 9.47 Å². The van der Waals surface area contributed by atoms with Crippen LogP contribution >= 0.6 is 0 Å². The third kappa shape index (κ3) is 3.12. The predicted molar refractivity (Wildman–Crippen MR) is 88.8 cm³/mol. The Hall–Kier alpha value is -1.85. The number of rotatable bonds is 5. The van der Waals surface area contributed by atoms with Crippen LogP contribution in [0.25, 0.3) is 0 Å². The highest BCUT2D eigenvalue weighted by atomic mass is 16.5. The van der Waals surface area contributed by atoms with Gasteiger partial charge in [0.25, 0.3) is 0 Å². The van der Waals surface area contributed by atoms with Crippen LogP contribution in [0.1, 0.15) is 38.6 Å². The van der Waals surface area contributed by atoms with Crippen molar-refractivity contribution in [3.8, 4) is 5.88 Å². The van der Waals surface area contributed by atoms with Gasteiger partial charge in [-0.2, -0.15) is 4.98 Å². The SMILES string of the molecule is CCOC(=O)C1(C(C)C)CCN(c2nc(C)nc(OC)c2C)C1. The van der Waals surface area contributed by atoms with Gasteiger partial charge in [0.1, 0.15) is 11.6 Å². The Morgan fingerprint density at radius 1 is 1.35 bits per heavy atom. The van der Waals surface area contributed by atoms with Crippen LogP contribution in [0, 0.1) is 25.2 Å². The number of carbonyl (C=O) groups excluding carboxylic acids is 1. The van der Waals surface area contributed by atoms with Crippen molar-refractivity contribution < 1.29 is 14.3 Å². The van der Waals surface area contributed by atoms with Gasteiger partial charge in [0.2, 0.25) is 5.88 Å². The van der Waals surface area contributed by atoms with Crippen LogP contribution in [0.4, 0.5) is 5.82 Å². The second-order valence-corrected chi connectivity index (χ2v) is 6.43. The van der Waals surface area contributed by atoms with Gasteiger partial charge in [0.05, 0.1) is 24.7 Å². The lowest BCUT2D eigenvalue weighted by Crippen LogP contribution is -2.41. The van der Waals surface area contributed by atoms with Gasteiger partial charge in [-0.3, -0.25) is 4.79 Å². The number of anilines is 1. The lowest BCUT2D eigenvalue weighted by Gasteiger charge is -2.31. The molecule has 0 spiro atoms. The summed E-state index contributed by atoms with van der Waals surface area (Å²) in [6, 6.07) is 0. The maximum absolute atomic E-state index is 12.6. The molecule has 1 aliphatic rings. The van der Waals surface area contributed by atoms with Crippen molar-refractivity contribution in [3.63, 3.8) is 0 Å². The molecule has 0 radical (unpaired) electrons. The minimum absolute atomic E-state index is 0.104. The van der Waals surface area contributed by atoms with Gasteiger partial charge in [0, 0.05) is 13.1 Å². The Morgan fingerprint density at radius 3 is 2.61 bits per heavy atom. The monoisotopic (exact) mass is 321 g/mol. The van der Waals surface area contributed by atoms with Gasteiger partial charge >= 0.3 is 5.97 Å². The molecular formula is C17H27N3O3. The van der Waals surface area contributed by atoms with E-state index < -0.39 is 5.41 Å². The summed E-state index contributed by atoms with van der Waals surface area (Å²) in [5.74, 6) is 2.21. The first kappa shape index (κ1) is 17.5. The molecule has 0 aromatic carbocycles. The summed E-state index contributed by atoms with van der Waals surface area (Å²) < 4.78 is 10.7. The Labute approximate surface area is 138 Å². The van der Waals surface area contributed by atoms with Crippen molar-refractivity contribution in [1.82, 2.24) is 9.97 Å². The predicted octanol–water partition coefficient (Wildman–Crippen LogP) is 2.52. The molecule has 6 nitrogen and oxygen atoms in total. The smallest absolute Gasteiger partial charge is 0.314 e. The van der Waals surface area contributed by atoms with Crippen LogP contribution in [-0.2, 0) is 9.53 Å². The summed E-state index contributed by atoms with van der Waals surface area (Å²) in [7, 11) is 1.61. The first-order valence-corrected chi connectivity index (χ1v) is 8.17. The minimum atomic E-state index is -0.478. The molecule has 0 saturated carbocycles. The molecule has 2 rings (SSSR count). The average Bonchev–Trinajstić information content (AvgIpc) is 2.96. The van der Waals surface area contributed by atoms with E-state index in [1.54, 1.807) is 7.11 Å². The standard InChI is InChI=1S/C17H27N3O3/c1-7-23-16(21)17(11(2)3)8-9-20(10-17)14-12(4)15(22-6)19-13(5)18-14/h11H,7-10H2,1-6H3. The van der Waals surface area contributed by atoms with Crippen LogP contribution in [-0.4, -0.2) is 42.7 Å². The number of esters is 1. The van der Waals surface area contributed by atoms with Crippen molar-refractivity contribution in [2.24, 2.45) is 11.3 Å². The third-order valence-electron chi connectivity index (χ3n) is 4.77. The molecule has 2 heterocycles. The van der Waals surface area contributed by atoms with E-state index in [9.17, 15) is 4.79 Å². The molecule has 1 unspecified atom stereocenters. The number of nitrogens with zero attached hydrogens (tertiary/aromatic N) is 3. The minimum Gasteiger partial charge on any atom is -0.481 e. The first-order chi connectivity index (χ1) is 10.9. The molecule has 1 saturated heterocycles. The van der Waals surface area contributed by atoms with Crippen LogP contribution in [0.2, 0.25) is 0 Å². The quantitative estimate of drug-likeness (QED) is 0.777. The molecule has 1 aromatic heterocycles. The van der Waals surface area contributed by atoms with Crippen molar-refractivity contribution in [1.29, 1.82) is 0 Å². The molecule has 0 bridgehead atoms. The maximum Gasteiger partial charge on any atom is 0.314 e. The highest BCUT2D eigenvalue weighted by Gasteiger charge is 2.49. The molecule has 128 valence electrons. The van der Waals surface area contributed by atoms with Crippen molar-refractivity contribution >= 4 is 11.8 Å². The normalized spacial score (nSPS) is 20.9. The average molecular weight is 321 g/mol. The van der Waals surface area contributed by atoms with E-state index in [2.05, 4.69) is 28.7 Å². The Morgan fingerprint density at radius 2 is 2.04 bits per heavy atom. The number of hydrogen-bond donors (Lipinski definition) is 0. The summed E-state index contributed by atoms with van der Waals surface area (Å²) in [5.41, 5.74) is 0.427. The van der Waals surface area contributed by atoms with Gasteiger partial charge in [-0.05, 0) is 33.1 Å². The van der Waals surface area contributed by atoms with Gasteiger partial charge < -0.3 is 14.4 Å². The zero-order valence-electron chi connectivity index (χ0n) is 15.0. The topological polar surface area (TPSA) is 64.5 Å². The fraction of sp³-hybridized carbons (Fsp3) is 0.706. The maximum atomic E-state index is 12.6.